The maximum absolute atomic E-state index is 13.3. The van der Waals surface area contributed by atoms with E-state index < -0.39 is 72.1 Å². The van der Waals surface area contributed by atoms with E-state index in [2.05, 4.69) is 16.0 Å². The van der Waals surface area contributed by atoms with Crippen LogP contribution >= 0.6 is 0 Å². The van der Waals surface area contributed by atoms with E-state index in [4.69, 9.17) is 4.74 Å². The summed E-state index contributed by atoms with van der Waals surface area (Å²) >= 11 is 0. The van der Waals surface area contributed by atoms with Gasteiger partial charge < -0.3 is 35.8 Å². The molecule has 0 radical (unpaired) electrons. The van der Waals surface area contributed by atoms with Crippen LogP contribution in [-0.4, -0.2) is 87.8 Å². The molecule has 2 aromatic carbocycles. The smallest absolute Gasteiger partial charge is 0.407 e. The number of ether oxygens (including phenoxy) is 1. The van der Waals surface area contributed by atoms with Gasteiger partial charge in [-0.3, -0.25) is 14.4 Å². The van der Waals surface area contributed by atoms with Crippen molar-refractivity contribution in [3.8, 4) is 0 Å². The molecule has 0 aliphatic rings. The van der Waals surface area contributed by atoms with Crippen LogP contribution in [0.4, 0.5) is 4.79 Å². The summed E-state index contributed by atoms with van der Waals surface area (Å²) in [4.78, 5) is 65.4. The number of carboxylic acids is 1. The lowest BCUT2D eigenvalue weighted by molar-refractivity contribution is -0.150. The Morgan fingerprint density at radius 1 is 0.830 bits per heavy atom. The first-order chi connectivity index (χ1) is 22.0. The number of hydrogen-bond acceptors (Lipinski definition) is 7. The third-order valence-corrected chi connectivity index (χ3v) is 7.32. The molecule has 0 unspecified atom stereocenters. The Kier molecular flexibility index (Phi) is 14.9. The van der Waals surface area contributed by atoms with Crippen molar-refractivity contribution in [2.24, 2.45) is 5.92 Å². The van der Waals surface area contributed by atoms with Gasteiger partial charge in [-0.05, 0) is 57.6 Å². The molecule has 0 saturated heterocycles. The van der Waals surface area contributed by atoms with Gasteiger partial charge >= 0.3 is 12.1 Å². The van der Waals surface area contributed by atoms with Crippen LogP contribution in [0.5, 0.6) is 0 Å². The minimum Gasteiger partial charge on any atom is -0.480 e. The summed E-state index contributed by atoms with van der Waals surface area (Å²) < 4.78 is 5.35. The number of nitrogens with zero attached hydrogens (tertiary/aromatic N) is 1. The summed E-state index contributed by atoms with van der Waals surface area (Å²) in [6, 6.07) is 13.9. The summed E-state index contributed by atoms with van der Waals surface area (Å²) in [5.74, 6) is -3.07. The van der Waals surface area contributed by atoms with Gasteiger partial charge in [-0.1, -0.05) is 74.5 Å². The van der Waals surface area contributed by atoms with Crippen molar-refractivity contribution in [2.75, 3.05) is 7.05 Å². The molecule has 2 rings (SSSR count). The van der Waals surface area contributed by atoms with E-state index in [-0.39, 0.29) is 25.2 Å². The van der Waals surface area contributed by atoms with Gasteiger partial charge in [0.05, 0.1) is 18.6 Å². The first-order valence-electron chi connectivity index (χ1n) is 15.8. The zero-order chi connectivity index (χ0) is 35.3. The van der Waals surface area contributed by atoms with E-state index >= 15 is 0 Å². The highest BCUT2D eigenvalue weighted by molar-refractivity contribution is 5.93. The van der Waals surface area contributed by atoms with Crippen molar-refractivity contribution in [3.63, 3.8) is 0 Å². The summed E-state index contributed by atoms with van der Waals surface area (Å²) in [5.41, 5.74) is 0.790. The third kappa shape index (κ3) is 13.8. The Morgan fingerprint density at radius 3 is 1.85 bits per heavy atom. The number of aliphatic carboxylic acids is 1. The second kappa shape index (κ2) is 18.0. The summed E-state index contributed by atoms with van der Waals surface area (Å²) in [5, 5.41) is 28.8. The Morgan fingerprint density at radius 2 is 1.36 bits per heavy atom. The van der Waals surface area contributed by atoms with Crippen molar-refractivity contribution < 1.29 is 38.9 Å². The van der Waals surface area contributed by atoms with E-state index in [0.717, 1.165) is 16.0 Å². The fraction of sp³-hybridized carbons (Fsp3) is 0.514. The van der Waals surface area contributed by atoms with Gasteiger partial charge in [0.25, 0.3) is 0 Å². The van der Waals surface area contributed by atoms with Crippen LogP contribution in [0.15, 0.2) is 60.7 Å². The molecule has 2 aromatic rings. The minimum absolute atomic E-state index is 0.0217. The zero-order valence-electron chi connectivity index (χ0n) is 28.4. The predicted molar refractivity (Wildman–Crippen MR) is 177 cm³/mol. The van der Waals surface area contributed by atoms with Gasteiger partial charge in [-0.2, -0.15) is 0 Å². The van der Waals surface area contributed by atoms with Gasteiger partial charge in [0.1, 0.15) is 23.7 Å². The Labute approximate surface area is 277 Å². The number of hydrogen-bond donors (Lipinski definition) is 5. The topological polar surface area (TPSA) is 174 Å². The van der Waals surface area contributed by atoms with Crippen LogP contribution in [0.25, 0.3) is 0 Å². The number of carboxylic acid groups (broad SMARTS) is 1. The molecule has 5 atom stereocenters. The lowest BCUT2D eigenvalue weighted by atomic mass is 9.98. The van der Waals surface area contributed by atoms with Crippen LogP contribution in [0.2, 0.25) is 0 Å². The van der Waals surface area contributed by atoms with Crippen molar-refractivity contribution in [1.82, 2.24) is 20.9 Å². The molecule has 0 spiro atoms. The number of likely N-dealkylation sites (N-methyl/N-ethyl adjacent to an activating group) is 1. The molecular formula is C35H50N4O8. The lowest BCUT2D eigenvalue weighted by Crippen LogP contribution is -2.56. The molecule has 0 saturated carbocycles. The highest BCUT2D eigenvalue weighted by Crippen LogP contribution is 2.14. The first kappa shape index (κ1) is 38.7. The number of rotatable bonds is 16. The minimum atomic E-state index is -1.32. The quantitative estimate of drug-likeness (QED) is 0.184. The lowest BCUT2D eigenvalue weighted by Gasteiger charge is -2.29. The van der Waals surface area contributed by atoms with E-state index in [1.54, 1.807) is 45.0 Å². The predicted octanol–water partition coefficient (Wildman–Crippen LogP) is 3.06. The summed E-state index contributed by atoms with van der Waals surface area (Å²) in [6.45, 7) is 10.3. The number of alkyl carbamates (subject to hydrolysis) is 1. The average Bonchev–Trinajstić information content (AvgIpc) is 2.98. The zero-order valence-corrected chi connectivity index (χ0v) is 28.4. The number of benzene rings is 2. The highest BCUT2D eigenvalue weighted by Gasteiger charge is 2.33. The normalized spacial score (nSPS) is 14.6. The molecule has 0 bridgehead atoms. The third-order valence-electron chi connectivity index (χ3n) is 7.32. The van der Waals surface area contributed by atoms with Crippen LogP contribution in [0, 0.1) is 5.92 Å². The van der Waals surface area contributed by atoms with E-state index in [9.17, 15) is 34.2 Å². The fourth-order valence-corrected chi connectivity index (χ4v) is 4.96. The molecular weight excluding hydrogens is 604 g/mol. The van der Waals surface area contributed by atoms with E-state index in [1.807, 2.05) is 50.2 Å². The average molecular weight is 655 g/mol. The van der Waals surface area contributed by atoms with Gasteiger partial charge in [-0.15, -0.1) is 0 Å². The van der Waals surface area contributed by atoms with Crippen LogP contribution < -0.4 is 16.0 Å². The van der Waals surface area contributed by atoms with Crippen molar-refractivity contribution in [3.05, 3.63) is 71.8 Å². The van der Waals surface area contributed by atoms with Crippen LogP contribution in [-0.2, 0) is 36.8 Å². The number of amides is 4. The SMILES string of the molecule is CC(C)C[C@H](NC(=O)C[C@H](O)[C@H](Cc1ccccc1)NC(=O)OC(C)(C)C)C(=O)N[C@@H](C)C(=O)N(C)[C@@H](Cc1ccccc1)C(=O)O. The van der Waals surface area contributed by atoms with Crippen molar-refractivity contribution >= 4 is 29.8 Å². The summed E-state index contributed by atoms with van der Waals surface area (Å²) in [6.07, 6.45) is -1.95. The number of nitrogens with one attached hydrogen (secondary N) is 3. The molecule has 47 heavy (non-hydrogen) atoms. The fourth-order valence-electron chi connectivity index (χ4n) is 4.96. The molecule has 258 valence electrons. The molecule has 0 heterocycles. The number of carbonyl (C=O) groups excluding carboxylic acids is 4. The largest absolute Gasteiger partial charge is 0.480 e. The number of aliphatic hydroxyl groups is 1. The van der Waals surface area contributed by atoms with Gasteiger partial charge in [0.15, 0.2) is 0 Å². The molecule has 0 fully saturated rings. The molecule has 5 N–H and O–H groups in total. The second-order valence-electron chi connectivity index (χ2n) is 13.2. The molecule has 0 aromatic heterocycles. The Balaban J connectivity index is 2.10. The van der Waals surface area contributed by atoms with E-state index in [1.165, 1.54) is 14.0 Å². The Bertz CT molecular complexity index is 1330. The van der Waals surface area contributed by atoms with Gasteiger partial charge in [0.2, 0.25) is 17.7 Å². The maximum Gasteiger partial charge on any atom is 0.407 e. The molecule has 0 aliphatic carbocycles. The highest BCUT2D eigenvalue weighted by atomic mass is 16.6. The Hall–Kier alpha value is -4.45. The maximum atomic E-state index is 13.3. The standard InChI is InChI=1S/C35H50N4O8/c1-22(2)18-27(31(42)36-23(3)32(43)39(7)28(33(44)45)20-25-16-12-9-13-17-25)37-30(41)21-29(40)26(19-24-14-10-8-11-15-24)38-34(46)47-35(4,5)6/h8-17,22-23,26-29,40H,18-21H2,1-7H3,(H,36,42)(H,37,41)(H,38,46)(H,44,45)/t23-,26-,27-,28-,29-/m0/s1. The molecule has 12 nitrogen and oxygen atoms in total. The number of carbonyl (C=O) groups is 5. The van der Waals surface area contributed by atoms with Crippen molar-refractivity contribution in [2.45, 2.75) is 103 Å². The molecule has 0 aliphatic heterocycles. The summed E-state index contributed by atoms with van der Waals surface area (Å²) in [7, 11) is 1.37. The van der Waals surface area contributed by atoms with E-state index in [0.29, 0.717) is 0 Å². The molecule has 12 heteroatoms. The molecule has 4 amide bonds. The van der Waals surface area contributed by atoms with Crippen molar-refractivity contribution in [1.29, 1.82) is 0 Å². The van der Waals surface area contributed by atoms with Crippen LogP contribution in [0.3, 0.4) is 0 Å². The second-order valence-corrected chi connectivity index (χ2v) is 13.2. The number of aliphatic hydroxyl groups excluding tert-OH is 1. The van der Waals surface area contributed by atoms with Gasteiger partial charge in [0, 0.05) is 13.5 Å². The van der Waals surface area contributed by atoms with Crippen LogP contribution in [0.1, 0.15) is 65.5 Å². The van der Waals surface area contributed by atoms with Gasteiger partial charge in [-0.25, -0.2) is 9.59 Å². The first-order valence-corrected chi connectivity index (χ1v) is 15.8. The monoisotopic (exact) mass is 654 g/mol.